The molecule has 0 saturated heterocycles. The zero-order valence-electron chi connectivity index (χ0n) is 33.5. The van der Waals surface area contributed by atoms with Crippen molar-refractivity contribution in [3.63, 3.8) is 0 Å². The van der Waals surface area contributed by atoms with E-state index in [9.17, 15) is 0 Å². The molecule has 0 spiro atoms. The summed E-state index contributed by atoms with van der Waals surface area (Å²) in [7, 11) is 0. The normalized spacial score (nSPS) is 12.4. The molecule has 290 valence electrons. The lowest BCUT2D eigenvalue weighted by atomic mass is 9.99. The smallest absolute Gasteiger partial charge is 0.164 e. The average molecular weight is 788 g/mol. The molecule has 0 aliphatic heterocycles. The molecule has 0 atom stereocenters. The maximum absolute atomic E-state index is 6.49. The second-order valence-electron chi connectivity index (χ2n) is 15.0. The van der Waals surface area contributed by atoms with Crippen LogP contribution in [0.15, 0.2) is 173 Å². The number of furan rings is 2. The Balaban J connectivity index is 1.05. The Labute approximate surface area is 351 Å². The second kappa shape index (κ2) is 15.0. The predicted octanol–water partition coefficient (Wildman–Crippen LogP) is 12.5. The third-order valence-corrected chi connectivity index (χ3v) is 11.2. The average Bonchev–Trinajstić information content (AvgIpc) is 3.90. The molecule has 7 nitrogen and oxygen atoms in total. The fourth-order valence-corrected chi connectivity index (χ4v) is 8.33. The fraction of sp³-hybridized carbons (Fsp3) is 0.0556. The Morgan fingerprint density at radius 3 is 1.77 bits per heavy atom. The molecule has 0 N–H and O–H groups in total. The maximum atomic E-state index is 6.49. The minimum absolute atomic E-state index is 0.563. The molecule has 0 aliphatic carbocycles. The van der Waals surface area contributed by atoms with Crippen molar-refractivity contribution in [2.24, 2.45) is 0 Å². The van der Waals surface area contributed by atoms with Crippen LogP contribution in [0.5, 0.6) is 0 Å². The van der Waals surface area contributed by atoms with Crippen molar-refractivity contribution in [2.45, 2.75) is 20.3 Å². The summed E-state index contributed by atoms with van der Waals surface area (Å²) < 4.78 is 12.9. The van der Waals surface area contributed by atoms with E-state index in [0.29, 0.717) is 23.3 Å². The third-order valence-electron chi connectivity index (χ3n) is 11.2. The highest BCUT2D eigenvalue weighted by Crippen LogP contribution is 2.39. The molecule has 0 radical (unpaired) electrons. The summed E-state index contributed by atoms with van der Waals surface area (Å²) >= 11 is 0. The summed E-state index contributed by atoms with van der Waals surface area (Å²) in [5.74, 6) is 2.39. The van der Waals surface area contributed by atoms with Crippen molar-refractivity contribution >= 4 is 56.0 Å². The molecule has 11 aromatic rings. The monoisotopic (exact) mass is 787 g/mol. The molecular formula is C54H37N5O2. The lowest BCUT2D eigenvalue weighted by Crippen LogP contribution is -2.32. The van der Waals surface area contributed by atoms with Crippen molar-refractivity contribution in [3.05, 3.63) is 174 Å². The molecule has 0 unspecified atom stereocenters. The first-order valence-electron chi connectivity index (χ1n) is 20.5. The van der Waals surface area contributed by atoms with E-state index in [-0.39, 0.29) is 0 Å². The molecule has 4 aromatic heterocycles. The lowest BCUT2D eigenvalue weighted by Gasteiger charge is -2.10. The van der Waals surface area contributed by atoms with E-state index in [1.807, 2.05) is 104 Å². The van der Waals surface area contributed by atoms with Crippen molar-refractivity contribution < 1.29 is 8.83 Å². The highest BCUT2D eigenvalue weighted by Gasteiger charge is 2.20. The van der Waals surface area contributed by atoms with Crippen molar-refractivity contribution in [3.8, 4) is 67.9 Å². The van der Waals surface area contributed by atoms with Gasteiger partial charge >= 0.3 is 0 Å². The summed E-state index contributed by atoms with van der Waals surface area (Å²) in [5.41, 5.74) is 10.8. The predicted molar refractivity (Wildman–Crippen MR) is 247 cm³/mol. The first-order valence-corrected chi connectivity index (χ1v) is 20.5. The highest BCUT2D eigenvalue weighted by atomic mass is 16.3. The molecular weight excluding hydrogens is 751 g/mol. The quantitative estimate of drug-likeness (QED) is 0.159. The van der Waals surface area contributed by atoms with Crippen molar-refractivity contribution in [2.75, 3.05) is 0 Å². The standard InChI is InChI=1S/C54H37N5O2/c1-3-15-44-38(4-2)49(34-28-26-33(27-29-34)39-21-13-22-41-40-20-11-12-24-45(40)61-50(39)41)56-53(55-44)37-30-31-46-43(32-37)48-42(23-14-25-47(48)60-46)54-58-51(35-16-7-5-8-17-35)57-52(59-54)36-18-9-6-10-19-36/h4-32H,3H2,1-2H3/b38-4+,44-15+. The van der Waals surface area contributed by atoms with Crippen LogP contribution in [-0.4, -0.2) is 24.9 Å². The van der Waals surface area contributed by atoms with Crippen LogP contribution in [-0.2, 0) is 0 Å². The maximum Gasteiger partial charge on any atom is 0.164 e. The number of aromatic nitrogens is 5. The van der Waals surface area contributed by atoms with Gasteiger partial charge in [-0.15, -0.1) is 0 Å². The summed E-state index contributed by atoms with van der Waals surface area (Å²) in [5, 5.41) is 5.95. The molecule has 0 amide bonds. The Bertz CT molecular complexity index is 3520. The molecule has 7 aromatic carbocycles. The summed E-state index contributed by atoms with van der Waals surface area (Å²) in [4.78, 5) is 25.5. The van der Waals surface area contributed by atoms with E-state index in [4.69, 9.17) is 33.8 Å². The van der Waals surface area contributed by atoms with Gasteiger partial charge in [-0.3, -0.25) is 0 Å². The van der Waals surface area contributed by atoms with E-state index in [1.54, 1.807) is 0 Å². The number of hydrogen-bond acceptors (Lipinski definition) is 7. The van der Waals surface area contributed by atoms with Gasteiger partial charge in [0, 0.05) is 60.1 Å². The van der Waals surface area contributed by atoms with Crippen LogP contribution < -0.4 is 10.6 Å². The van der Waals surface area contributed by atoms with Gasteiger partial charge in [0.25, 0.3) is 0 Å². The largest absolute Gasteiger partial charge is 0.456 e. The molecule has 0 aliphatic rings. The molecule has 11 rings (SSSR count). The van der Waals surface area contributed by atoms with Gasteiger partial charge in [0.15, 0.2) is 23.3 Å². The number of benzene rings is 7. The summed E-state index contributed by atoms with van der Waals surface area (Å²) in [6.07, 6.45) is 5.10. The number of para-hydroxylation sites is 2. The zero-order valence-corrected chi connectivity index (χ0v) is 33.5. The lowest BCUT2D eigenvalue weighted by molar-refractivity contribution is 0.669. The molecule has 0 bridgehead atoms. The van der Waals surface area contributed by atoms with Gasteiger partial charge in [-0.25, -0.2) is 24.9 Å². The van der Waals surface area contributed by atoms with Crippen molar-refractivity contribution in [1.82, 2.24) is 24.9 Å². The Morgan fingerprint density at radius 2 is 1.03 bits per heavy atom. The van der Waals surface area contributed by atoms with E-state index in [2.05, 4.69) is 85.8 Å². The third kappa shape index (κ3) is 6.35. The van der Waals surface area contributed by atoms with Crippen LogP contribution in [0.4, 0.5) is 0 Å². The molecule has 61 heavy (non-hydrogen) atoms. The van der Waals surface area contributed by atoms with Gasteiger partial charge < -0.3 is 8.83 Å². The van der Waals surface area contributed by atoms with Gasteiger partial charge in [-0.05, 0) is 49.2 Å². The molecule has 0 fully saturated rings. The number of rotatable bonds is 7. The van der Waals surface area contributed by atoms with Crippen LogP contribution in [0, 0.1) is 0 Å². The Morgan fingerprint density at radius 1 is 0.443 bits per heavy atom. The van der Waals surface area contributed by atoms with Gasteiger partial charge in [0.1, 0.15) is 22.3 Å². The van der Waals surface area contributed by atoms with E-state index in [1.165, 1.54) is 0 Å². The topological polar surface area (TPSA) is 90.7 Å². The minimum atomic E-state index is 0.563. The molecule has 7 heteroatoms. The zero-order chi connectivity index (χ0) is 40.9. The summed E-state index contributed by atoms with van der Waals surface area (Å²) in [6.45, 7) is 4.18. The van der Waals surface area contributed by atoms with E-state index < -0.39 is 0 Å². The van der Waals surface area contributed by atoms with Crippen LogP contribution in [0.1, 0.15) is 20.3 Å². The van der Waals surface area contributed by atoms with Gasteiger partial charge in [-0.1, -0.05) is 153 Å². The first kappa shape index (κ1) is 36.1. The van der Waals surface area contributed by atoms with Gasteiger partial charge in [0.05, 0.1) is 11.0 Å². The van der Waals surface area contributed by atoms with Crippen LogP contribution >= 0.6 is 0 Å². The molecule has 0 saturated carbocycles. The Hall–Kier alpha value is -8.03. The number of fused-ring (bicyclic) bond motifs is 6. The van der Waals surface area contributed by atoms with Crippen LogP contribution in [0.25, 0.3) is 124 Å². The minimum Gasteiger partial charge on any atom is -0.456 e. The van der Waals surface area contributed by atoms with Gasteiger partial charge in [-0.2, -0.15) is 0 Å². The van der Waals surface area contributed by atoms with Crippen LogP contribution in [0.3, 0.4) is 0 Å². The number of nitrogens with zero attached hydrogens (tertiary/aromatic N) is 5. The first-order chi connectivity index (χ1) is 30.1. The second-order valence-corrected chi connectivity index (χ2v) is 15.0. The van der Waals surface area contributed by atoms with E-state index in [0.717, 1.165) is 106 Å². The highest BCUT2D eigenvalue weighted by molar-refractivity contribution is 6.13. The van der Waals surface area contributed by atoms with Gasteiger partial charge in [0.2, 0.25) is 0 Å². The number of hydrogen-bond donors (Lipinski definition) is 0. The SMILES string of the molecule is C/C=c1/c(-c2ccc(-c3cccc4c3oc3ccccc34)cc2)nc(-c2ccc3oc4cccc(-c5nc(-c6ccccc6)nc(-c6ccccc6)n5)c4c3c2)n/c1=C/CC. The fourth-order valence-electron chi connectivity index (χ4n) is 8.33. The summed E-state index contributed by atoms with van der Waals surface area (Å²) in [6, 6.07) is 55.4. The Kier molecular flexibility index (Phi) is 8.85. The molecule has 4 heterocycles. The van der Waals surface area contributed by atoms with Crippen LogP contribution in [0.2, 0.25) is 0 Å². The van der Waals surface area contributed by atoms with E-state index >= 15 is 0 Å². The van der Waals surface area contributed by atoms with Crippen molar-refractivity contribution in [1.29, 1.82) is 0 Å².